The van der Waals surface area contributed by atoms with Crippen LogP contribution in [-0.4, -0.2) is 33.3 Å². The second-order valence-electron chi connectivity index (χ2n) is 6.21. The Morgan fingerprint density at radius 3 is 2.57 bits per heavy atom. The molecule has 0 bridgehead atoms. The Balaban J connectivity index is 2.03. The molecule has 1 heterocycles. The van der Waals surface area contributed by atoms with Crippen LogP contribution in [0.1, 0.15) is 22.2 Å². The zero-order valence-electron chi connectivity index (χ0n) is 15.6. The normalized spacial score (nSPS) is 12.0. The summed E-state index contributed by atoms with van der Waals surface area (Å²) in [5.74, 6) is 1.31. The molecule has 28 heavy (non-hydrogen) atoms. The fraction of sp³-hybridized carbons (Fsp3) is 0.263. The van der Waals surface area contributed by atoms with Crippen LogP contribution in [-0.2, 0) is 0 Å². The van der Waals surface area contributed by atoms with Crippen LogP contribution in [0, 0.1) is 24.0 Å². The number of rotatable bonds is 7. The molecule has 0 aliphatic heterocycles. The average Bonchev–Trinajstić information content (AvgIpc) is 3.02. The minimum atomic E-state index is -0.491. The first kappa shape index (κ1) is 20.3. The number of halogens is 1. The number of nitrogens with zero attached hydrogens (tertiary/aromatic N) is 4. The number of methoxy groups -OCH3 is 1. The van der Waals surface area contributed by atoms with Crippen molar-refractivity contribution in [3.05, 3.63) is 74.0 Å². The SMILES string of the molecule is COc1ccc(Br)cc1[C@@H](C[N+](=O)[O-])Sc1nnc(C)n1-c1ccc(C)cc1. The topological polar surface area (TPSA) is 83.1 Å². The average molecular weight is 463 g/mol. The van der Waals surface area contributed by atoms with E-state index >= 15 is 0 Å². The molecule has 0 saturated heterocycles. The van der Waals surface area contributed by atoms with E-state index in [0.717, 1.165) is 21.3 Å². The van der Waals surface area contributed by atoms with Crippen LogP contribution in [0.3, 0.4) is 0 Å². The van der Waals surface area contributed by atoms with Gasteiger partial charge in [-0.15, -0.1) is 10.2 Å². The van der Waals surface area contributed by atoms with Crippen LogP contribution in [0.4, 0.5) is 0 Å². The van der Waals surface area contributed by atoms with Crippen molar-refractivity contribution in [2.75, 3.05) is 13.7 Å². The number of benzene rings is 2. The first-order chi connectivity index (χ1) is 13.4. The molecule has 7 nitrogen and oxygen atoms in total. The summed E-state index contributed by atoms with van der Waals surface area (Å²) < 4.78 is 8.17. The molecule has 2 aromatic carbocycles. The largest absolute Gasteiger partial charge is 0.496 e. The summed E-state index contributed by atoms with van der Waals surface area (Å²) in [6.45, 7) is 3.61. The van der Waals surface area contributed by atoms with Crippen molar-refractivity contribution in [1.29, 1.82) is 0 Å². The maximum atomic E-state index is 11.4. The van der Waals surface area contributed by atoms with Gasteiger partial charge in [-0.25, -0.2) is 0 Å². The number of thioether (sulfide) groups is 1. The highest BCUT2D eigenvalue weighted by molar-refractivity contribution is 9.10. The van der Waals surface area contributed by atoms with E-state index in [2.05, 4.69) is 26.1 Å². The van der Waals surface area contributed by atoms with Crippen LogP contribution in [0.2, 0.25) is 0 Å². The van der Waals surface area contributed by atoms with Gasteiger partial charge in [-0.1, -0.05) is 45.4 Å². The number of aromatic nitrogens is 3. The van der Waals surface area contributed by atoms with Gasteiger partial charge < -0.3 is 4.74 Å². The lowest BCUT2D eigenvalue weighted by Gasteiger charge is -2.17. The zero-order valence-corrected chi connectivity index (χ0v) is 18.0. The van der Waals surface area contributed by atoms with Crippen LogP contribution < -0.4 is 4.74 Å². The maximum Gasteiger partial charge on any atom is 0.220 e. The highest BCUT2D eigenvalue weighted by atomic mass is 79.9. The Labute approximate surface area is 175 Å². The minimum Gasteiger partial charge on any atom is -0.496 e. The third-order valence-electron chi connectivity index (χ3n) is 4.19. The monoisotopic (exact) mass is 462 g/mol. The molecular weight excluding hydrogens is 444 g/mol. The Hall–Kier alpha value is -2.39. The van der Waals surface area contributed by atoms with Gasteiger partial charge >= 0.3 is 0 Å². The molecule has 0 N–H and O–H groups in total. The van der Waals surface area contributed by atoms with Crippen LogP contribution in [0.5, 0.6) is 5.75 Å². The molecule has 9 heteroatoms. The van der Waals surface area contributed by atoms with Crippen molar-refractivity contribution in [3.63, 3.8) is 0 Å². The lowest BCUT2D eigenvalue weighted by molar-refractivity contribution is -0.479. The smallest absolute Gasteiger partial charge is 0.220 e. The Bertz CT molecular complexity index is 991. The Morgan fingerprint density at radius 2 is 1.93 bits per heavy atom. The first-order valence-corrected chi connectivity index (χ1v) is 10.2. The van der Waals surface area contributed by atoms with Crippen molar-refractivity contribution in [2.24, 2.45) is 0 Å². The molecule has 3 rings (SSSR count). The zero-order chi connectivity index (χ0) is 20.3. The summed E-state index contributed by atoms with van der Waals surface area (Å²) in [5.41, 5.74) is 2.79. The maximum absolute atomic E-state index is 11.4. The van der Waals surface area contributed by atoms with Gasteiger partial charge in [0.25, 0.3) is 0 Å². The lowest BCUT2D eigenvalue weighted by Crippen LogP contribution is -2.12. The second kappa shape index (κ2) is 8.74. The molecule has 0 spiro atoms. The molecule has 0 amide bonds. The summed E-state index contributed by atoms with van der Waals surface area (Å²) in [5, 5.41) is 19.9. The molecule has 0 fully saturated rings. The van der Waals surface area contributed by atoms with Crippen molar-refractivity contribution in [3.8, 4) is 11.4 Å². The van der Waals surface area contributed by atoms with E-state index < -0.39 is 5.25 Å². The van der Waals surface area contributed by atoms with E-state index in [-0.39, 0.29) is 11.5 Å². The number of hydrogen-bond acceptors (Lipinski definition) is 6. The number of nitro groups is 1. The fourth-order valence-corrected chi connectivity index (χ4v) is 4.40. The number of hydrogen-bond donors (Lipinski definition) is 0. The highest BCUT2D eigenvalue weighted by Crippen LogP contribution is 2.40. The van der Waals surface area contributed by atoms with Crippen molar-refractivity contribution >= 4 is 27.7 Å². The van der Waals surface area contributed by atoms with E-state index in [1.165, 1.54) is 11.8 Å². The summed E-state index contributed by atoms with van der Waals surface area (Å²) in [6.07, 6.45) is 0. The van der Waals surface area contributed by atoms with Gasteiger partial charge in [-0.3, -0.25) is 14.7 Å². The van der Waals surface area contributed by atoms with Crippen molar-refractivity contribution < 1.29 is 9.66 Å². The highest BCUT2D eigenvalue weighted by Gasteiger charge is 2.26. The van der Waals surface area contributed by atoms with Gasteiger partial charge in [0.15, 0.2) is 5.16 Å². The summed E-state index contributed by atoms with van der Waals surface area (Å²) in [7, 11) is 1.56. The number of aryl methyl sites for hydroxylation is 2. The third-order valence-corrected chi connectivity index (χ3v) is 5.84. The molecule has 0 unspecified atom stereocenters. The van der Waals surface area contributed by atoms with Crippen molar-refractivity contribution in [1.82, 2.24) is 14.8 Å². The molecule has 0 radical (unpaired) electrons. The summed E-state index contributed by atoms with van der Waals surface area (Å²) in [6, 6.07) is 13.5. The van der Waals surface area contributed by atoms with E-state index in [1.54, 1.807) is 13.2 Å². The number of ether oxygens (including phenoxy) is 1. The van der Waals surface area contributed by atoms with Gasteiger partial charge in [0.2, 0.25) is 6.54 Å². The lowest BCUT2D eigenvalue weighted by atomic mass is 10.1. The molecular formula is C19H19BrN4O3S. The molecule has 1 aromatic heterocycles. The van der Waals surface area contributed by atoms with Crippen LogP contribution in [0.15, 0.2) is 52.1 Å². The Kier molecular flexibility index (Phi) is 6.35. The quantitative estimate of drug-likeness (QED) is 0.285. The molecule has 0 saturated carbocycles. The van der Waals surface area contributed by atoms with E-state index in [1.807, 2.05) is 54.8 Å². The van der Waals surface area contributed by atoms with Crippen LogP contribution in [0.25, 0.3) is 5.69 Å². The molecule has 1 atom stereocenters. The summed E-state index contributed by atoms with van der Waals surface area (Å²) >= 11 is 4.74. The van der Waals surface area contributed by atoms with Gasteiger partial charge in [-0.05, 0) is 44.2 Å². The minimum absolute atomic E-state index is 0.267. The van der Waals surface area contributed by atoms with E-state index in [4.69, 9.17) is 4.74 Å². The van der Waals surface area contributed by atoms with Gasteiger partial charge in [0, 0.05) is 20.6 Å². The van der Waals surface area contributed by atoms with E-state index in [9.17, 15) is 10.1 Å². The van der Waals surface area contributed by atoms with Gasteiger partial charge in [0.1, 0.15) is 16.8 Å². The first-order valence-electron chi connectivity index (χ1n) is 8.50. The van der Waals surface area contributed by atoms with Gasteiger partial charge in [0.05, 0.1) is 7.11 Å². The molecule has 146 valence electrons. The third kappa shape index (κ3) is 4.53. The molecule has 0 aliphatic carbocycles. The predicted octanol–water partition coefficient (Wildman–Crippen LogP) is 4.77. The fourth-order valence-electron chi connectivity index (χ4n) is 2.83. The summed E-state index contributed by atoms with van der Waals surface area (Å²) in [4.78, 5) is 11.0. The van der Waals surface area contributed by atoms with Crippen molar-refractivity contribution in [2.45, 2.75) is 24.3 Å². The predicted molar refractivity (Wildman–Crippen MR) is 112 cm³/mol. The van der Waals surface area contributed by atoms with Crippen LogP contribution >= 0.6 is 27.7 Å². The second-order valence-corrected chi connectivity index (χ2v) is 8.29. The van der Waals surface area contributed by atoms with Gasteiger partial charge in [-0.2, -0.15) is 0 Å². The van der Waals surface area contributed by atoms with E-state index in [0.29, 0.717) is 16.7 Å². The molecule has 3 aromatic rings. The Morgan fingerprint density at radius 1 is 1.21 bits per heavy atom. The molecule has 0 aliphatic rings. The standard InChI is InChI=1S/C19H19BrN4O3S/c1-12-4-7-15(8-5-12)24-13(2)21-22-19(24)28-18(11-23(25)26)16-10-14(20)6-9-17(16)27-3/h4-10,18H,11H2,1-3H3/t18-/m1/s1.